The third-order valence-corrected chi connectivity index (χ3v) is 3.85. The van der Waals surface area contributed by atoms with E-state index in [-0.39, 0.29) is 11.8 Å². The summed E-state index contributed by atoms with van der Waals surface area (Å²) in [6.07, 6.45) is 6.36. The van der Waals surface area contributed by atoms with Crippen LogP contribution in [0, 0.1) is 0 Å². The highest BCUT2D eigenvalue weighted by Gasteiger charge is 2.07. The summed E-state index contributed by atoms with van der Waals surface area (Å²) in [7, 11) is 0. The summed E-state index contributed by atoms with van der Waals surface area (Å²) < 4.78 is 5.13. The van der Waals surface area contributed by atoms with Crippen LogP contribution in [0.3, 0.4) is 0 Å². The summed E-state index contributed by atoms with van der Waals surface area (Å²) in [5, 5.41) is 0. The average Bonchev–Trinajstić information content (AvgIpc) is 2.81. The maximum Gasteiger partial charge on any atom is 0.343 e. The van der Waals surface area contributed by atoms with E-state index in [4.69, 9.17) is 4.74 Å². The molecule has 5 heteroatoms. The smallest absolute Gasteiger partial charge is 0.343 e. The third-order valence-electron chi connectivity index (χ3n) is 3.85. The van der Waals surface area contributed by atoms with E-state index in [1.807, 2.05) is 48.5 Å². The van der Waals surface area contributed by atoms with Gasteiger partial charge < -0.3 is 4.74 Å². The number of rotatable bonds is 4. The van der Waals surface area contributed by atoms with Crippen LogP contribution in [0.15, 0.2) is 110 Å². The third kappa shape index (κ3) is 5.94. The average molecular weight is 382 g/mol. The van der Waals surface area contributed by atoms with Crippen molar-refractivity contribution in [2.75, 3.05) is 0 Å². The van der Waals surface area contributed by atoms with Gasteiger partial charge in [-0.2, -0.15) is 0 Å². The van der Waals surface area contributed by atoms with Gasteiger partial charge in [0.25, 0.3) is 0 Å². The van der Waals surface area contributed by atoms with Crippen molar-refractivity contribution in [1.29, 1.82) is 0 Å². The van der Waals surface area contributed by atoms with Crippen molar-refractivity contribution in [3.63, 3.8) is 0 Å². The van der Waals surface area contributed by atoms with Crippen LogP contribution < -0.4 is 4.74 Å². The Labute approximate surface area is 168 Å². The number of pyridine rings is 2. The second-order valence-electron chi connectivity index (χ2n) is 5.87. The van der Waals surface area contributed by atoms with Gasteiger partial charge in [0.15, 0.2) is 5.78 Å². The summed E-state index contributed by atoms with van der Waals surface area (Å²) in [4.78, 5) is 31.1. The molecule has 0 atom stereocenters. The molecule has 0 aliphatic carbocycles. The predicted molar refractivity (Wildman–Crippen MR) is 110 cm³/mol. The van der Waals surface area contributed by atoms with E-state index < -0.39 is 0 Å². The van der Waals surface area contributed by atoms with Crippen LogP contribution in [0.5, 0.6) is 5.75 Å². The number of esters is 1. The molecule has 0 bridgehead atoms. The van der Waals surface area contributed by atoms with Crippen LogP contribution >= 0.6 is 0 Å². The second kappa shape index (κ2) is 10.3. The molecule has 0 fully saturated rings. The summed E-state index contributed by atoms with van der Waals surface area (Å²) >= 11 is 0. The van der Waals surface area contributed by atoms with E-state index in [1.54, 1.807) is 61.2 Å². The van der Waals surface area contributed by atoms with Gasteiger partial charge in [-0.3, -0.25) is 14.8 Å². The summed E-state index contributed by atoms with van der Waals surface area (Å²) in [5.74, 6) is 0.205. The Morgan fingerprint density at radius 1 is 0.552 bits per heavy atom. The number of benzene rings is 2. The number of hydrogen-bond acceptors (Lipinski definition) is 5. The molecule has 0 N–H and O–H groups in total. The molecule has 2 heterocycles. The number of ketones is 1. The van der Waals surface area contributed by atoms with Gasteiger partial charge in [-0.15, -0.1) is 0 Å². The highest BCUT2D eigenvalue weighted by molar-refractivity contribution is 6.08. The minimum absolute atomic E-state index is 0.0352. The number of aromatic nitrogens is 2. The molecule has 4 aromatic rings. The highest BCUT2D eigenvalue weighted by Crippen LogP contribution is 2.11. The van der Waals surface area contributed by atoms with E-state index in [9.17, 15) is 9.59 Å². The first-order valence-electron chi connectivity index (χ1n) is 8.91. The van der Waals surface area contributed by atoms with Gasteiger partial charge in [0.1, 0.15) is 5.75 Å². The molecule has 29 heavy (non-hydrogen) atoms. The van der Waals surface area contributed by atoms with Gasteiger partial charge in [-0.05, 0) is 36.4 Å². The van der Waals surface area contributed by atoms with Gasteiger partial charge >= 0.3 is 5.97 Å². The lowest BCUT2D eigenvalue weighted by Gasteiger charge is -2.02. The predicted octanol–water partition coefficient (Wildman–Crippen LogP) is 4.61. The molecule has 0 aliphatic heterocycles. The Morgan fingerprint density at radius 3 is 1.55 bits per heavy atom. The molecular weight excluding hydrogens is 364 g/mol. The van der Waals surface area contributed by atoms with Crippen LogP contribution in [0.1, 0.15) is 26.3 Å². The van der Waals surface area contributed by atoms with Crippen LogP contribution in [0.2, 0.25) is 0 Å². The molecule has 0 radical (unpaired) electrons. The molecule has 2 aromatic carbocycles. The zero-order chi connectivity index (χ0) is 20.3. The van der Waals surface area contributed by atoms with E-state index in [0.29, 0.717) is 22.4 Å². The van der Waals surface area contributed by atoms with Crippen molar-refractivity contribution in [2.24, 2.45) is 0 Å². The first-order chi connectivity index (χ1) is 14.2. The molecular formula is C24H18N2O3. The number of nitrogens with zero attached hydrogens (tertiary/aromatic N) is 2. The summed E-state index contributed by atoms with van der Waals surface area (Å²) in [6, 6.07) is 24.9. The number of carbonyl (C=O) groups is 2. The maximum absolute atomic E-state index is 11.8. The van der Waals surface area contributed by atoms with Crippen molar-refractivity contribution in [3.8, 4) is 5.75 Å². The summed E-state index contributed by atoms with van der Waals surface area (Å²) in [6.45, 7) is 0. The lowest BCUT2D eigenvalue weighted by molar-refractivity contribution is 0.0734. The normalized spacial score (nSPS) is 9.66. The van der Waals surface area contributed by atoms with Crippen molar-refractivity contribution >= 4 is 11.8 Å². The van der Waals surface area contributed by atoms with Gasteiger partial charge in [-0.1, -0.05) is 48.5 Å². The Bertz CT molecular complexity index is 997. The fourth-order valence-electron chi connectivity index (χ4n) is 2.40. The van der Waals surface area contributed by atoms with Gasteiger partial charge in [0.2, 0.25) is 0 Å². The van der Waals surface area contributed by atoms with Crippen LogP contribution in [-0.4, -0.2) is 21.7 Å². The number of ether oxygens (including phenoxy) is 1. The zero-order valence-electron chi connectivity index (χ0n) is 15.5. The molecule has 0 saturated heterocycles. The van der Waals surface area contributed by atoms with Crippen LogP contribution in [0.4, 0.5) is 0 Å². The fraction of sp³-hybridized carbons (Fsp3) is 0. The Balaban J connectivity index is 0.000000166. The number of carbonyl (C=O) groups excluding carboxylic acids is 2. The first-order valence-corrected chi connectivity index (χ1v) is 8.91. The maximum atomic E-state index is 11.8. The van der Waals surface area contributed by atoms with Crippen molar-refractivity contribution in [1.82, 2.24) is 9.97 Å². The number of para-hydroxylation sites is 1. The quantitative estimate of drug-likeness (QED) is 0.293. The van der Waals surface area contributed by atoms with Crippen molar-refractivity contribution in [2.45, 2.75) is 0 Å². The van der Waals surface area contributed by atoms with Gasteiger partial charge in [0.05, 0.1) is 5.56 Å². The Kier molecular flexibility index (Phi) is 6.96. The zero-order valence-corrected chi connectivity index (χ0v) is 15.5. The topological polar surface area (TPSA) is 69.2 Å². The van der Waals surface area contributed by atoms with Gasteiger partial charge in [0, 0.05) is 35.9 Å². The SMILES string of the molecule is O=C(Oc1ccccc1)c1ccncc1.O=C(c1ccccc1)c1ccncc1. The summed E-state index contributed by atoms with van der Waals surface area (Å²) in [5.41, 5.74) is 1.87. The standard InChI is InChI=1S/C12H9NO2.C12H9NO/c14-12(10-6-8-13-9-7-10)15-11-4-2-1-3-5-11;14-12(10-4-2-1-3-5-10)11-6-8-13-9-7-11/h1-9H;1-9H. The van der Waals surface area contributed by atoms with Crippen LogP contribution in [-0.2, 0) is 0 Å². The Morgan fingerprint density at radius 2 is 1.00 bits per heavy atom. The molecule has 0 spiro atoms. The largest absolute Gasteiger partial charge is 0.423 e. The molecule has 0 amide bonds. The fourth-order valence-corrected chi connectivity index (χ4v) is 2.40. The number of hydrogen-bond donors (Lipinski definition) is 0. The lowest BCUT2D eigenvalue weighted by atomic mass is 10.1. The molecule has 0 unspecified atom stereocenters. The van der Waals surface area contributed by atoms with Crippen molar-refractivity contribution in [3.05, 3.63) is 126 Å². The molecule has 5 nitrogen and oxygen atoms in total. The molecule has 0 saturated carbocycles. The molecule has 0 aliphatic rings. The van der Waals surface area contributed by atoms with E-state index >= 15 is 0 Å². The van der Waals surface area contributed by atoms with Gasteiger partial charge in [-0.25, -0.2) is 4.79 Å². The lowest BCUT2D eigenvalue weighted by Crippen LogP contribution is -2.08. The minimum Gasteiger partial charge on any atom is -0.423 e. The Hall–Kier alpha value is -4.12. The highest BCUT2D eigenvalue weighted by atomic mass is 16.5. The van der Waals surface area contributed by atoms with E-state index in [0.717, 1.165) is 0 Å². The van der Waals surface area contributed by atoms with E-state index in [2.05, 4.69) is 9.97 Å². The first kappa shape index (κ1) is 19.6. The van der Waals surface area contributed by atoms with E-state index in [1.165, 1.54) is 0 Å². The molecule has 4 rings (SSSR count). The minimum atomic E-state index is -0.372. The molecule has 2 aromatic heterocycles. The monoisotopic (exact) mass is 382 g/mol. The van der Waals surface area contributed by atoms with Crippen molar-refractivity contribution < 1.29 is 14.3 Å². The van der Waals surface area contributed by atoms with Crippen LogP contribution in [0.25, 0.3) is 0 Å². The second-order valence-corrected chi connectivity index (χ2v) is 5.87. The molecule has 142 valence electrons.